The largest absolute Gasteiger partial charge is 0.490 e. The van der Waals surface area contributed by atoms with E-state index in [1.54, 1.807) is 30.9 Å². The molecule has 2 aliphatic heterocycles. The first-order valence-electron chi connectivity index (χ1n) is 12.8. The van der Waals surface area contributed by atoms with E-state index in [9.17, 15) is 47.9 Å². The predicted octanol–water partition coefficient (Wildman–Crippen LogP) is 4.80. The molecule has 2 aliphatic rings. The van der Waals surface area contributed by atoms with Crippen LogP contribution in [0.15, 0.2) is 72.1 Å². The maximum atomic E-state index is 13.1. The van der Waals surface area contributed by atoms with Gasteiger partial charge < -0.3 is 15.3 Å². The number of sulfone groups is 1. The number of hydrogen-bond donors (Lipinski definition) is 3. The second-order valence-electron chi connectivity index (χ2n) is 9.64. The highest BCUT2D eigenvalue weighted by Gasteiger charge is 2.50. The summed E-state index contributed by atoms with van der Waals surface area (Å²) in [6, 6.07) is 13.6. The van der Waals surface area contributed by atoms with Crippen LogP contribution in [0.1, 0.15) is 17.0 Å². The molecule has 48 heavy (non-hydrogen) atoms. The molecule has 2 aromatic heterocycles. The lowest BCUT2D eigenvalue weighted by Gasteiger charge is -2.17. The van der Waals surface area contributed by atoms with E-state index in [4.69, 9.17) is 29.7 Å². The summed E-state index contributed by atoms with van der Waals surface area (Å²) in [7, 11) is -3.27. The normalized spacial score (nSPS) is 17.9. The number of halogens is 9. The predicted molar refractivity (Wildman–Crippen MR) is 144 cm³/mol. The Hall–Kier alpha value is -4.79. The summed E-state index contributed by atoms with van der Waals surface area (Å²) in [4.78, 5) is 37.6. The number of carboxylic acid groups (broad SMARTS) is 3. The number of hydrogen-bond acceptors (Lipinski definition) is 8. The molecule has 11 nitrogen and oxygen atoms in total. The molecule has 2 unspecified atom stereocenters. The van der Waals surface area contributed by atoms with Crippen LogP contribution in [0.5, 0.6) is 0 Å². The van der Waals surface area contributed by atoms with Gasteiger partial charge in [0.25, 0.3) is 0 Å². The van der Waals surface area contributed by atoms with Crippen LogP contribution in [0.2, 0.25) is 0 Å². The summed E-state index contributed by atoms with van der Waals surface area (Å²) in [6.07, 6.45) is -8.18. The first-order valence-corrected chi connectivity index (χ1v) is 14.3. The van der Waals surface area contributed by atoms with Gasteiger partial charge in [0.1, 0.15) is 0 Å². The van der Waals surface area contributed by atoms with Gasteiger partial charge in [0.15, 0.2) is 9.84 Å². The molecule has 1 saturated heterocycles. The van der Waals surface area contributed by atoms with Gasteiger partial charge in [-0.3, -0.25) is 14.9 Å². The highest BCUT2D eigenvalue weighted by molar-refractivity contribution is 7.92. The molecule has 5 rings (SSSR count). The topological polar surface area (TPSA) is 175 Å². The average Bonchev–Trinajstić information content (AvgIpc) is 3.49. The lowest BCUT2D eigenvalue weighted by atomic mass is 9.95. The zero-order valence-corrected chi connectivity index (χ0v) is 24.5. The first kappa shape index (κ1) is 39.4. The summed E-state index contributed by atoms with van der Waals surface area (Å²) in [6.45, 7) is 2.10. The summed E-state index contributed by atoms with van der Waals surface area (Å²) < 4.78 is 121. The van der Waals surface area contributed by atoms with Crippen LogP contribution in [0.4, 0.5) is 39.5 Å². The fraction of sp³-hybridized carbons (Fsp3) is 0.296. The Morgan fingerprint density at radius 3 is 1.52 bits per heavy atom. The Balaban J connectivity index is 0.000000313. The van der Waals surface area contributed by atoms with Gasteiger partial charge in [-0.25, -0.2) is 22.8 Å². The number of carbonyl (C=O) groups is 3. The maximum absolute atomic E-state index is 13.1. The van der Waals surface area contributed by atoms with E-state index >= 15 is 0 Å². The molecule has 0 amide bonds. The van der Waals surface area contributed by atoms with Crippen molar-refractivity contribution in [2.24, 2.45) is 0 Å². The quantitative estimate of drug-likeness (QED) is 0.317. The molecular weight excluding hydrogens is 697 g/mol. The molecule has 262 valence electrons. The number of aromatic nitrogens is 2. The second-order valence-corrected chi connectivity index (χ2v) is 11.8. The van der Waals surface area contributed by atoms with Gasteiger partial charge in [0.05, 0.1) is 10.1 Å². The van der Waals surface area contributed by atoms with E-state index in [1.807, 2.05) is 30.3 Å². The first-order chi connectivity index (χ1) is 22.0. The number of fused-ring (bicyclic) bond motifs is 3. The molecule has 0 radical (unpaired) electrons. The molecule has 21 heteroatoms. The number of likely N-dealkylation sites (tertiary alicyclic amines) is 1. The summed E-state index contributed by atoms with van der Waals surface area (Å²) in [5, 5.41) is 21.0. The zero-order valence-electron chi connectivity index (χ0n) is 23.7. The van der Waals surface area contributed by atoms with Crippen LogP contribution in [-0.2, 0) is 30.8 Å². The summed E-state index contributed by atoms with van der Waals surface area (Å²) >= 11 is 0. The summed E-state index contributed by atoms with van der Waals surface area (Å²) in [5.74, 6) is -8.24. The minimum atomic E-state index is -5.08. The molecule has 1 fully saturated rings. The van der Waals surface area contributed by atoms with Crippen LogP contribution >= 0.6 is 0 Å². The van der Waals surface area contributed by atoms with Crippen molar-refractivity contribution in [3.63, 3.8) is 0 Å². The van der Waals surface area contributed by atoms with Crippen molar-refractivity contribution in [2.75, 3.05) is 13.1 Å². The van der Waals surface area contributed by atoms with Crippen molar-refractivity contribution in [2.45, 2.75) is 41.1 Å². The van der Waals surface area contributed by atoms with E-state index in [1.165, 1.54) is 0 Å². The molecule has 4 heterocycles. The van der Waals surface area contributed by atoms with Crippen molar-refractivity contribution in [1.29, 1.82) is 0 Å². The van der Waals surface area contributed by atoms with Crippen LogP contribution in [-0.4, -0.2) is 93.4 Å². The van der Waals surface area contributed by atoms with Gasteiger partial charge in [0.2, 0.25) is 0 Å². The van der Waals surface area contributed by atoms with Gasteiger partial charge in [-0.1, -0.05) is 6.07 Å². The Kier molecular flexibility index (Phi) is 12.6. The fourth-order valence-corrected chi connectivity index (χ4v) is 6.52. The molecule has 2 atom stereocenters. The van der Waals surface area contributed by atoms with Crippen LogP contribution in [0, 0.1) is 0 Å². The van der Waals surface area contributed by atoms with Gasteiger partial charge in [-0.15, -0.1) is 0 Å². The molecule has 0 saturated carbocycles. The lowest BCUT2D eigenvalue weighted by Crippen LogP contribution is -2.25. The van der Waals surface area contributed by atoms with Crippen molar-refractivity contribution >= 4 is 27.7 Å². The van der Waals surface area contributed by atoms with Crippen LogP contribution < -0.4 is 0 Å². The fourth-order valence-electron chi connectivity index (χ4n) is 4.32. The standard InChI is InChI=1S/C21H19N3O2S.3C2HF3O2/c25-27(26)20-2-1-17(16-5-9-23-10-6-16)11-18(20)19-13-24(14-21(19)27)12-15-3-7-22-8-4-15;3*3-2(4,5)1(6)7/h1-11,19,21H,12-14H2;3*(H,6,7). The number of alkyl halides is 9. The number of pyridine rings is 2. The molecule has 0 spiro atoms. The minimum absolute atomic E-state index is 0.0358. The third kappa shape index (κ3) is 10.9. The third-order valence-corrected chi connectivity index (χ3v) is 8.61. The van der Waals surface area contributed by atoms with E-state index in [0.29, 0.717) is 11.4 Å². The van der Waals surface area contributed by atoms with Crippen molar-refractivity contribution in [1.82, 2.24) is 14.9 Å². The average molecular weight is 720 g/mol. The molecular formula is C27H22F9N3O8S. The second kappa shape index (κ2) is 15.4. The van der Waals surface area contributed by atoms with Gasteiger partial charge in [-0.2, -0.15) is 39.5 Å². The Morgan fingerprint density at radius 2 is 1.10 bits per heavy atom. The smallest absolute Gasteiger partial charge is 0.475 e. The highest BCUT2D eigenvalue weighted by Crippen LogP contribution is 2.46. The maximum Gasteiger partial charge on any atom is 0.490 e. The SMILES string of the molecule is O=C(O)C(F)(F)F.O=C(O)C(F)(F)F.O=C(O)C(F)(F)F.O=S1(=O)c2ccc(-c3ccncc3)cc2C2CN(Cc3ccncc3)CC21. The van der Waals surface area contributed by atoms with Gasteiger partial charge in [0, 0.05) is 50.3 Å². The van der Waals surface area contributed by atoms with Crippen LogP contribution in [0.25, 0.3) is 11.1 Å². The van der Waals surface area contributed by atoms with Crippen molar-refractivity contribution in [3.05, 3.63) is 78.4 Å². The Morgan fingerprint density at radius 1 is 0.688 bits per heavy atom. The van der Waals surface area contributed by atoms with Crippen molar-refractivity contribution < 1.29 is 77.6 Å². The van der Waals surface area contributed by atoms with E-state index < -0.39 is 46.3 Å². The van der Waals surface area contributed by atoms with Gasteiger partial charge >= 0.3 is 36.4 Å². The Labute approximate surface area is 264 Å². The molecule has 1 aromatic carbocycles. The lowest BCUT2D eigenvalue weighted by molar-refractivity contribution is -0.193. The molecule has 0 aliphatic carbocycles. The van der Waals surface area contributed by atoms with Crippen LogP contribution in [0.3, 0.4) is 0 Å². The highest BCUT2D eigenvalue weighted by atomic mass is 32.2. The number of aliphatic carboxylic acids is 3. The molecule has 3 N–H and O–H groups in total. The number of carboxylic acids is 3. The zero-order chi connectivity index (χ0) is 36.7. The minimum Gasteiger partial charge on any atom is -0.475 e. The third-order valence-electron chi connectivity index (χ3n) is 6.35. The number of nitrogens with zero attached hydrogens (tertiary/aromatic N) is 3. The number of benzene rings is 1. The van der Waals surface area contributed by atoms with E-state index in [-0.39, 0.29) is 11.2 Å². The van der Waals surface area contributed by atoms with Crippen molar-refractivity contribution in [3.8, 4) is 11.1 Å². The van der Waals surface area contributed by atoms with E-state index in [0.717, 1.165) is 35.3 Å². The molecule has 0 bridgehead atoms. The molecule has 3 aromatic rings. The number of rotatable bonds is 3. The summed E-state index contributed by atoms with van der Waals surface area (Å²) in [5.41, 5.74) is 4.22. The van der Waals surface area contributed by atoms with E-state index in [2.05, 4.69) is 20.9 Å². The van der Waals surface area contributed by atoms with Gasteiger partial charge in [-0.05, 0) is 58.7 Å². The monoisotopic (exact) mass is 719 g/mol. The Bertz CT molecular complexity index is 1630.